The molecule has 0 fully saturated rings. The third-order valence-electron chi connectivity index (χ3n) is 0.393. The number of nitrogens with one attached hydrogen (secondary N) is 1. The van der Waals surface area contributed by atoms with Crippen molar-refractivity contribution in [2.24, 2.45) is 0 Å². The minimum atomic E-state index is -1.82. The van der Waals surface area contributed by atoms with E-state index in [-0.39, 0.29) is 0 Å². The molecule has 4 nitrogen and oxygen atoms in total. The van der Waals surface area contributed by atoms with Crippen molar-refractivity contribution >= 4 is 8.32 Å². The van der Waals surface area contributed by atoms with Gasteiger partial charge in [0, 0.05) is 0 Å². The Labute approximate surface area is 49.3 Å². The molecule has 0 rings (SSSR count). The van der Waals surface area contributed by atoms with E-state index in [1.165, 1.54) is 0 Å². The lowest BCUT2D eigenvalue weighted by Gasteiger charge is -2.19. The highest BCUT2D eigenvalue weighted by molar-refractivity contribution is 6.69. The van der Waals surface area contributed by atoms with Crippen molar-refractivity contribution in [3.8, 4) is 0 Å². The molecule has 0 aromatic rings. The molecule has 1 unspecified atom stereocenters. The Morgan fingerprint density at radius 3 is 1.88 bits per heavy atom. The van der Waals surface area contributed by atoms with Crippen LogP contribution in [0.25, 0.3) is 0 Å². The largest absolute Gasteiger partial charge is 0.567 e. The van der Waals surface area contributed by atoms with Crippen LogP contribution in [0.3, 0.4) is 0 Å². The maximum Gasteiger partial charge on any atom is 0.268 e. The van der Waals surface area contributed by atoms with Gasteiger partial charge in [-0.3, -0.25) is 0 Å². The Bertz CT molecular complexity index is 69.4. The highest BCUT2D eigenvalue weighted by Gasteiger charge is 2.19. The summed E-state index contributed by atoms with van der Waals surface area (Å²) < 4.78 is 4.49. The summed E-state index contributed by atoms with van der Waals surface area (Å²) in [6.07, 6.45) is 0. The van der Waals surface area contributed by atoms with Crippen LogP contribution in [0.15, 0.2) is 0 Å². The maximum absolute atomic E-state index is 9.83. The van der Waals surface area contributed by atoms with Crippen molar-refractivity contribution in [3.05, 3.63) is 5.21 Å². The van der Waals surface area contributed by atoms with Crippen molar-refractivity contribution in [3.63, 3.8) is 0 Å². The van der Waals surface area contributed by atoms with E-state index in [1.807, 2.05) is 19.6 Å². The van der Waals surface area contributed by atoms with E-state index in [1.54, 1.807) is 0 Å². The summed E-state index contributed by atoms with van der Waals surface area (Å²) in [7, 11) is -1.82. The van der Waals surface area contributed by atoms with E-state index in [4.69, 9.17) is 5.21 Å². The van der Waals surface area contributed by atoms with Crippen LogP contribution in [0, 0.1) is 5.21 Å². The number of quaternary nitrogens is 1. The van der Waals surface area contributed by atoms with Crippen LogP contribution in [-0.4, -0.2) is 13.5 Å². The molecular weight excluding hydrogens is 126 g/mol. The molecule has 0 radical (unpaired) electrons. The average molecular weight is 137 g/mol. The van der Waals surface area contributed by atoms with E-state index in [9.17, 15) is 5.21 Å². The van der Waals surface area contributed by atoms with E-state index < -0.39 is 13.7 Å². The van der Waals surface area contributed by atoms with Crippen LogP contribution in [0.5, 0.6) is 0 Å². The molecule has 0 saturated heterocycles. The second-order valence-corrected chi connectivity index (χ2v) is 6.91. The summed E-state index contributed by atoms with van der Waals surface area (Å²) in [5.41, 5.74) is 0. The topological polar surface area (TPSA) is 57.0 Å². The van der Waals surface area contributed by atoms with Crippen LogP contribution in [0.4, 0.5) is 0 Å². The van der Waals surface area contributed by atoms with Gasteiger partial charge in [0.1, 0.15) is 0 Å². The predicted molar refractivity (Wildman–Crippen MR) is 30.5 cm³/mol. The Balaban J connectivity index is 3.39. The zero-order valence-electron chi connectivity index (χ0n) is 5.26. The fourth-order valence-corrected chi connectivity index (χ4v) is 0.786. The molecule has 0 bridgehead atoms. The predicted octanol–water partition coefficient (Wildman–Crippen LogP) is -0.475. The van der Waals surface area contributed by atoms with Crippen LogP contribution < -0.4 is 5.39 Å². The van der Waals surface area contributed by atoms with Crippen LogP contribution in [0.2, 0.25) is 19.6 Å². The van der Waals surface area contributed by atoms with E-state index in [0.717, 1.165) is 0 Å². The molecule has 5 heteroatoms. The van der Waals surface area contributed by atoms with Gasteiger partial charge in [-0.25, -0.2) is 4.53 Å². The molecule has 2 N–H and O–H groups in total. The highest BCUT2D eigenvalue weighted by Crippen LogP contribution is 1.95. The SMILES string of the molecule is C[Si](C)(C)O[NH+]([O-])O. The Kier molecular flexibility index (Phi) is 2.58. The minimum Gasteiger partial charge on any atom is -0.567 e. The van der Waals surface area contributed by atoms with Gasteiger partial charge in [0.05, 0.1) is 0 Å². The molecule has 0 amide bonds. The number of rotatable bonds is 2. The lowest BCUT2D eigenvalue weighted by Crippen LogP contribution is -3.05. The molecule has 1 atom stereocenters. The molecule has 0 heterocycles. The van der Waals surface area contributed by atoms with Crippen molar-refractivity contribution in [2.75, 3.05) is 0 Å². The van der Waals surface area contributed by atoms with Gasteiger partial charge in [0.15, 0.2) is 0 Å². The quantitative estimate of drug-likeness (QED) is 0.399. The monoisotopic (exact) mass is 137 g/mol. The Morgan fingerprint density at radius 2 is 1.88 bits per heavy atom. The van der Waals surface area contributed by atoms with Gasteiger partial charge in [-0.05, 0) is 19.6 Å². The fraction of sp³-hybridized carbons (Fsp3) is 1.00. The molecule has 8 heavy (non-hydrogen) atoms. The summed E-state index contributed by atoms with van der Waals surface area (Å²) in [4.78, 5) is 0. The molecule has 0 aliphatic rings. The molecule has 0 spiro atoms. The zero-order valence-corrected chi connectivity index (χ0v) is 6.26. The molecular formula is C3H11NO3Si. The van der Waals surface area contributed by atoms with Gasteiger partial charge >= 0.3 is 0 Å². The van der Waals surface area contributed by atoms with Gasteiger partial charge in [-0.1, -0.05) is 5.39 Å². The molecule has 0 aromatic heterocycles. The van der Waals surface area contributed by atoms with Gasteiger partial charge in [-0.15, -0.1) is 0 Å². The number of hydrogen-bond donors (Lipinski definition) is 2. The molecule has 0 aromatic carbocycles. The Hall–Kier alpha value is 0.0569. The zero-order chi connectivity index (χ0) is 6.78. The first-order chi connectivity index (χ1) is 3.42. The van der Waals surface area contributed by atoms with Crippen molar-refractivity contribution in [1.29, 1.82) is 0 Å². The Morgan fingerprint density at radius 1 is 1.50 bits per heavy atom. The minimum absolute atomic E-state index is 1.16. The van der Waals surface area contributed by atoms with Gasteiger partial charge in [0.25, 0.3) is 8.32 Å². The van der Waals surface area contributed by atoms with Crippen molar-refractivity contribution < 1.29 is 15.1 Å². The van der Waals surface area contributed by atoms with Crippen LogP contribution in [-0.2, 0) is 4.53 Å². The summed E-state index contributed by atoms with van der Waals surface area (Å²) >= 11 is 0. The second kappa shape index (κ2) is 2.56. The standard InChI is InChI=1S/C3H11NO3Si/c1-8(2,3)7-4(5)6/h4-5H,1-3H3. The summed E-state index contributed by atoms with van der Waals surface area (Å²) in [5.74, 6) is 0. The van der Waals surface area contributed by atoms with Gasteiger partial charge in [-0.2, -0.15) is 5.21 Å². The first-order valence-corrected chi connectivity index (χ1v) is 5.74. The average Bonchev–Trinajstić information content (AvgIpc) is 1.21. The summed E-state index contributed by atoms with van der Waals surface area (Å²) in [5, 5.41) is 16.7. The van der Waals surface area contributed by atoms with Crippen LogP contribution >= 0.6 is 0 Å². The third kappa shape index (κ3) is 6.06. The van der Waals surface area contributed by atoms with Crippen molar-refractivity contribution in [1.82, 2.24) is 0 Å². The lowest BCUT2D eigenvalue weighted by atomic mass is 11.8. The molecule has 0 aliphatic heterocycles. The second-order valence-electron chi connectivity index (χ2n) is 2.48. The first kappa shape index (κ1) is 8.06. The van der Waals surface area contributed by atoms with E-state index in [2.05, 4.69) is 4.53 Å². The van der Waals surface area contributed by atoms with Crippen LogP contribution in [0.1, 0.15) is 0 Å². The van der Waals surface area contributed by atoms with E-state index >= 15 is 0 Å². The lowest BCUT2D eigenvalue weighted by molar-refractivity contribution is -1.19. The molecule has 0 saturated carbocycles. The van der Waals surface area contributed by atoms with Gasteiger partial charge < -0.3 is 5.21 Å². The third-order valence-corrected chi connectivity index (χ3v) is 1.18. The highest BCUT2D eigenvalue weighted by atomic mass is 28.4. The number of hydrogen-bond acceptors (Lipinski definition) is 3. The summed E-state index contributed by atoms with van der Waals surface area (Å²) in [6, 6.07) is 0. The summed E-state index contributed by atoms with van der Waals surface area (Å²) in [6.45, 7) is 5.46. The fourth-order valence-electron chi connectivity index (χ4n) is 0.262. The van der Waals surface area contributed by atoms with Gasteiger partial charge in [0.2, 0.25) is 0 Å². The van der Waals surface area contributed by atoms with Crippen molar-refractivity contribution in [2.45, 2.75) is 19.6 Å². The first-order valence-electron chi connectivity index (χ1n) is 2.34. The molecule has 50 valence electrons. The maximum atomic E-state index is 9.83. The van der Waals surface area contributed by atoms with E-state index in [0.29, 0.717) is 0 Å². The molecule has 0 aliphatic carbocycles. The smallest absolute Gasteiger partial charge is 0.268 e. The normalized spacial score (nSPS) is 16.1.